The minimum Gasteiger partial charge on any atom is -0.489 e. The molecule has 2 aromatic rings. The summed E-state index contributed by atoms with van der Waals surface area (Å²) in [6.45, 7) is 0.504. The Hall–Kier alpha value is -1.91. The average Bonchev–Trinajstić information content (AvgIpc) is 3.31. The van der Waals surface area contributed by atoms with Crippen LogP contribution in [0, 0.1) is 5.82 Å². The van der Waals surface area contributed by atoms with E-state index < -0.39 is 0 Å². The van der Waals surface area contributed by atoms with Crippen LogP contribution in [-0.4, -0.2) is 23.9 Å². The van der Waals surface area contributed by atoms with Crippen LogP contribution in [0.3, 0.4) is 0 Å². The second kappa shape index (κ2) is 6.90. The first-order chi connectivity index (χ1) is 10.8. The average molecular weight is 302 g/mol. The first-order valence-corrected chi connectivity index (χ1v) is 7.48. The Balaban J connectivity index is 1.62. The highest BCUT2D eigenvalue weighted by molar-refractivity contribution is 5.34. The quantitative estimate of drug-likeness (QED) is 0.799. The molecule has 22 heavy (non-hydrogen) atoms. The fourth-order valence-electron chi connectivity index (χ4n) is 2.51. The summed E-state index contributed by atoms with van der Waals surface area (Å²) >= 11 is 0. The molecule has 4 heteroatoms. The smallest absolute Gasteiger partial charge is 0.123 e. The molecule has 0 spiro atoms. The summed E-state index contributed by atoms with van der Waals surface area (Å²) in [6.07, 6.45) is 1.46. The molecule has 1 aliphatic heterocycles. The van der Waals surface area contributed by atoms with Crippen molar-refractivity contribution in [2.24, 2.45) is 0 Å². The van der Waals surface area contributed by atoms with Crippen LogP contribution in [-0.2, 0) is 17.8 Å². The maximum absolute atomic E-state index is 13.5. The summed E-state index contributed by atoms with van der Waals surface area (Å²) < 4.78 is 24.6. The lowest BCUT2D eigenvalue weighted by atomic mass is 10.1. The molecule has 0 aromatic heterocycles. The van der Waals surface area contributed by atoms with Crippen molar-refractivity contribution in [3.63, 3.8) is 0 Å². The highest BCUT2D eigenvalue weighted by Crippen LogP contribution is 2.29. The predicted molar refractivity (Wildman–Crippen MR) is 81.2 cm³/mol. The highest BCUT2D eigenvalue weighted by Gasteiger charge is 2.37. The van der Waals surface area contributed by atoms with Crippen LogP contribution >= 0.6 is 0 Å². The van der Waals surface area contributed by atoms with Crippen LogP contribution in [0.4, 0.5) is 4.39 Å². The van der Waals surface area contributed by atoms with E-state index in [2.05, 4.69) is 0 Å². The molecular weight excluding hydrogens is 283 g/mol. The Morgan fingerprint density at radius 2 is 1.91 bits per heavy atom. The van der Waals surface area contributed by atoms with E-state index in [1.54, 1.807) is 6.07 Å². The Labute approximate surface area is 129 Å². The van der Waals surface area contributed by atoms with Crippen molar-refractivity contribution in [3.8, 4) is 5.75 Å². The Bertz CT molecular complexity index is 615. The van der Waals surface area contributed by atoms with E-state index in [-0.39, 0.29) is 24.6 Å². The highest BCUT2D eigenvalue weighted by atomic mass is 19.1. The van der Waals surface area contributed by atoms with Crippen LogP contribution in [0.1, 0.15) is 17.5 Å². The van der Waals surface area contributed by atoms with Crippen LogP contribution in [0.15, 0.2) is 48.5 Å². The van der Waals surface area contributed by atoms with Crippen molar-refractivity contribution in [2.75, 3.05) is 6.61 Å². The first kappa shape index (κ1) is 15.0. The zero-order valence-corrected chi connectivity index (χ0v) is 12.2. The monoisotopic (exact) mass is 302 g/mol. The van der Waals surface area contributed by atoms with Crippen LogP contribution < -0.4 is 4.74 Å². The molecule has 1 fully saturated rings. The minimum absolute atomic E-state index is 0.0468. The molecule has 3 rings (SSSR count). The molecule has 1 saturated heterocycles. The lowest BCUT2D eigenvalue weighted by Crippen LogP contribution is -2.03. The summed E-state index contributed by atoms with van der Waals surface area (Å²) in [5.74, 6) is 0.434. The number of halogens is 1. The second-order valence-corrected chi connectivity index (χ2v) is 5.46. The van der Waals surface area contributed by atoms with Crippen molar-refractivity contribution >= 4 is 0 Å². The number of aryl methyl sites for hydroxylation is 1. The van der Waals surface area contributed by atoms with Gasteiger partial charge in [-0.15, -0.1) is 0 Å². The van der Waals surface area contributed by atoms with Gasteiger partial charge in [0.2, 0.25) is 0 Å². The van der Waals surface area contributed by atoms with Gasteiger partial charge in [0.05, 0.1) is 12.7 Å². The SMILES string of the molecule is OC[C@H]1O[C@@H]1CCc1cc(F)ccc1OCc1ccccc1. The lowest BCUT2D eigenvalue weighted by Gasteiger charge is -2.11. The van der Waals surface area contributed by atoms with Gasteiger partial charge in [-0.25, -0.2) is 4.39 Å². The molecule has 0 radical (unpaired) electrons. The molecule has 0 saturated carbocycles. The van der Waals surface area contributed by atoms with Crippen molar-refractivity contribution in [1.29, 1.82) is 0 Å². The summed E-state index contributed by atoms with van der Waals surface area (Å²) in [6, 6.07) is 14.5. The molecule has 0 unspecified atom stereocenters. The standard InChI is InChI=1S/C18H19FO3/c19-15-7-9-16(21-12-13-4-2-1-3-5-13)14(10-15)6-8-17-18(11-20)22-17/h1-5,7,9-10,17-18,20H,6,8,11-12H2/t17-,18-/m1/s1. The molecule has 116 valence electrons. The summed E-state index contributed by atoms with van der Waals surface area (Å²) in [5.41, 5.74) is 1.91. The van der Waals surface area contributed by atoms with E-state index in [1.807, 2.05) is 30.3 Å². The number of rotatable bonds is 7. The Morgan fingerprint density at radius 3 is 2.64 bits per heavy atom. The summed E-state index contributed by atoms with van der Waals surface area (Å²) in [4.78, 5) is 0. The number of epoxide rings is 1. The van der Waals surface area contributed by atoms with Crippen LogP contribution in [0.5, 0.6) is 5.75 Å². The van der Waals surface area contributed by atoms with E-state index in [0.717, 1.165) is 17.5 Å². The van der Waals surface area contributed by atoms with Crippen LogP contribution in [0.25, 0.3) is 0 Å². The molecule has 3 nitrogen and oxygen atoms in total. The molecule has 0 bridgehead atoms. The van der Waals surface area contributed by atoms with Crippen LogP contribution in [0.2, 0.25) is 0 Å². The van der Waals surface area contributed by atoms with Gasteiger partial charge in [0, 0.05) is 0 Å². The number of aliphatic hydroxyl groups is 1. The minimum atomic E-state index is -0.266. The summed E-state index contributed by atoms with van der Waals surface area (Å²) in [7, 11) is 0. The van der Waals surface area contributed by atoms with E-state index in [4.69, 9.17) is 14.6 Å². The number of hydrogen-bond donors (Lipinski definition) is 1. The van der Waals surface area contributed by atoms with Crippen molar-refractivity contribution in [2.45, 2.75) is 31.7 Å². The van der Waals surface area contributed by atoms with Crippen molar-refractivity contribution in [1.82, 2.24) is 0 Å². The molecule has 0 aliphatic carbocycles. The van der Waals surface area contributed by atoms with E-state index in [1.165, 1.54) is 12.1 Å². The lowest BCUT2D eigenvalue weighted by molar-refractivity contribution is 0.241. The molecule has 1 heterocycles. The maximum Gasteiger partial charge on any atom is 0.123 e. The van der Waals surface area contributed by atoms with E-state index in [9.17, 15) is 4.39 Å². The summed E-state index contributed by atoms with van der Waals surface area (Å²) in [5, 5.41) is 8.97. The predicted octanol–water partition coefficient (Wildman–Crippen LogP) is 3.10. The molecular formula is C18H19FO3. The fourth-order valence-corrected chi connectivity index (χ4v) is 2.51. The van der Waals surface area contributed by atoms with Gasteiger partial charge in [-0.3, -0.25) is 0 Å². The number of aliphatic hydroxyl groups excluding tert-OH is 1. The van der Waals surface area contributed by atoms with E-state index >= 15 is 0 Å². The topological polar surface area (TPSA) is 42.0 Å². The third-order valence-corrected chi connectivity index (χ3v) is 3.83. The van der Waals surface area contributed by atoms with Gasteiger partial charge in [-0.1, -0.05) is 30.3 Å². The Morgan fingerprint density at radius 1 is 1.09 bits per heavy atom. The number of benzene rings is 2. The number of ether oxygens (including phenoxy) is 2. The zero-order chi connectivity index (χ0) is 15.4. The number of hydrogen-bond acceptors (Lipinski definition) is 3. The van der Waals surface area contributed by atoms with Gasteiger partial charge in [-0.2, -0.15) is 0 Å². The molecule has 2 atom stereocenters. The molecule has 0 amide bonds. The van der Waals surface area contributed by atoms with Gasteiger partial charge in [0.1, 0.15) is 24.3 Å². The van der Waals surface area contributed by atoms with Gasteiger partial charge >= 0.3 is 0 Å². The second-order valence-electron chi connectivity index (χ2n) is 5.46. The third kappa shape index (κ3) is 3.84. The zero-order valence-electron chi connectivity index (χ0n) is 12.2. The van der Waals surface area contributed by atoms with E-state index in [0.29, 0.717) is 18.8 Å². The first-order valence-electron chi connectivity index (χ1n) is 7.48. The maximum atomic E-state index is 13.5. The van der Waals surface area contributed by atoms with Gasteiger partial charge < -0.3 is 14.6 Å². The van der Waals surface area contributed by atoms with Crippen molar-refractivity contribution < 1.29 is 19.0 Å². The van der Waals surface area contributed by atoms with Gasteiger partial charge in [0.25, 0.3) is 0 Å². The normalized spacial score (nSPS) is 19.9. The molecule has 2 aromatic carbocycles. The molecule has 1 N–H and O–H groups in total. The third-order valence-electron chi connectivity index (χ3n) is 3.83. The van der Waals surface area contributed by atoms with Gasteiger partial charge in [0.15, 0.2) is 0 Å². The largest absolute Gasteiger partial charge is 0.489 e. The Kier molecular flexibility index (Phi) is 4.71. The molecule has 1 aliphatic rings. The van der Waals surface area contributed by atoms with Gasteiger partial charge in [-0.05, 0) is 42.2 Å². The fraction of sp³-hybridized carbons (Fsp3) is 0.333. The van der Waals surface area contributed by atoms with Crippen molar-refractivity contribution in [3.05, 3.63) is 65.5 Å².